The number of amides is 1. The Hall–Kier alpha value is -2.57. The molecule has 0 spiro atoms. The van der Waals surface area contributed by atoms with Crippen LogP contribution in [0.2, 0.25) is 0 Å². The fraction of sp³-hybridized carbons (Fsp3) is 0.450. The van der Waals surface area contributed by atoms with Crippen LogP contribution >= 0.6 is 11.8 Å². The van der Waals surface area contributed by atoms with Gasteiger partial charge in [-0.25, -0.2) is 8.42 Å². The van der Waals surface area contributed by atoms with Crippen molar-refractivity contribution < 1.29 is 22.7 Å². The Labute approximate surface area is 191 Å². The second-order valence-corrected chi connectivity index (χ2v) is 10.2. The van der Waals surface area contributed by atoms with Crippen molar-refractivity contribution in [3.63, 3.8) is 0 Å². The standard InChI is InChI=1S/C20H25N5O5S2/c1-2-6-24-15-21-22-20(24)31-14-19(26)23-7-9-25(10-8-23)32(27,28)16-4-5-17-18(13-16)30-12-3-11-29-17/h2,4-5,13,15H,1,3,6-12,14H2. The van der Waals surface area contributed by atoms with Crippen molar-refractivity contribution in [2.45, 2.75) is 23.0 Å². The number of ether oxygens (including phenoxy) is 2. The van der Waals surface area contributed by atoms with Gasteiger partial charge < -0.3 is 18.9 Å². The Morgan fingerprint density at radius 2 is 1.91 bits per heavy atom. The molecule has 0 radical (unpaired) electrons. The monoisotopic (exact) mass is 479 g/mol. The number of aromatic nitrogens is 3. The number of thioether (sulfide) groups is 1. The fourth-order valence-electron chi connectivity index (χ4n) is 3.47. The molecule has 0 N–H and O–H groups in total. The number of benzene rings is 1. The number of carbonyl (C=O) groups excluding carboxylic acids is 1. The average molecular weight is 480 g/mol. The third kappa shape index (κ3) is 4.92. The molecule has 4 rings (SSSR count). The van der Waals surface area contributed by atoms with E-state index in [1.165, 1.54) is 28.2 Å². The molecular weight excluding hydrogens is 454 g/mol. The predicted molar refractivity (Wildman–Crippen MR) is 118 cm³/mol. The Balaban J connectivity index is 1.34. The molecule has 0 bridgehead atoms. The van der Waals surface area contributed by atoms with E-state index in [4.69, 9.17) is 9.47 Å². The largest absolute Gasteiger partial charge is 0.490 e. The van der Waals surface area contributed by atoms with Crippen molar-refractivity contribution in [2.75, 3.05) is 45.1 Å². The molecule has 0 saturated carbocycles. The minimum atomic E-state index is -3.69. The van der Waals surface area contributed by atoms with E-state index in [1.54, 1.807) is 23.4 Å². The number of piperazine rings is 1. The van der Waals surface area contributed by atoms with Gasteiger partial charge in [0, 0.05) is 45.2 Å². The van der Waals surface area contributed by atoms with Gasteiger partial charge >= 0.3 is 0 Å². The minimum Gasteiger partial charge on any atom is -0.490 e. The zero-order valence-electron chi connectivity index (χ0n) is 17.6. The third-order valence-corrected chi connectivity index (χ3v) is 8.04. The Kier molecular flexibility index (Phi) is 7.01. The first kappa shape index (κ1) is 22.6. The van der Waals surface area contributed by atoms with Crippen molar-refractivity contribution in [3.05, 3.63) is 37.2 Å². The lowest BCUT2D eigenvalue weighted by molar-refractivity contribution is -0.129. The molecule has 1 saturated heterocycles. The van der Waals surface area contributed by atoms with Crippen LogP contribution in [0.4, 0.5) is 0 Å². The summed E-state index contributed by atoms with van der Waals surface area (Å²) in [6.45, 7) is 6.43. The maximum Gasteiger partial charge on any atom is 0.243 e. The smallest absolute Gasteiger partial charge is 0.243 e. The lowest BCUT2D eigenvalue weighted by Crippen LogP contribution is -2.51. The van der Waals surface area contributed by atoms with E-state index in [0.29, 0.717) is 49.5 Å². The highest BCUT2D eigenvalue weighted by molar-refractivity contribution is 7.99. The van der Waals surface area contributed by atoms with Crippen LogP contribution in [0.25, 0.3) is 0 Å². The van der Waals surface area contributed by atoms with Gasteiger partial charge in [0.1, 0.15) is 6.33 Å². The van der Waals surface area contributed by atoms with E-state index >= 15 is 0 Å². The normalized spacial score (nSPS) is 17.1. The lowest BCUT2D eigenvalue weighted by Gasteiger charge is -2.34. The number of fused-ring (bicyclic) bond motifs is 1. The summed E-state index contributed by atoms with van der Waals surface area (Å²) in [5.41, 5.74) is 0. The predicted octanol–water partition coefficient (Wildman–Crippen LogP) is 1.25. The van der Waals surface area contributed by atoms with Crippen molar-refractivity contribution in [1.29, 1.82) is 0 Å². The Morgan fingerprint density at radius 1 is 1.16 bits per heavy atom. The van der Waals surface area contributed by atoms with Crippen LogP contribution in [-0.4, -0.2) is 83.4 Å². The van der Waals surface area contributed by atoms with E-state index in [9.17, 15) is 13.2 Å². The van der Waals surface area contributed by atoms with Crippen molar-refractivity contribution in [2.24, 2.45) is 0 Å². The van der Waals surface area contributed by atoms with Crippen LogP contribution in [0, 0.1) is 0 Å². The Bertz CT molecular complexity index is 1080. The summed E-state index contributed by atoms with van der Waals surface area (Å²) >= 11 is 1.31. The van der Waals surface area contributed by atoms with Gasteiger partial charge in [0.25, 0.3) is 0 Å². The SMILES string of the molecule is C=CCn1cnnc1SCC(=O)N1CCN(S(=O)(=O)c2ccc3c(c2)OCCCO3)CC1. The molecule has 172 valence electrons. The van der Waals surface area contributed by atoms with Crippen molar-refractivity contribution >= 4 is 27.7 Å². The number of carbonyl (C=O) groups is 1. The molecule has 32 heavy (non-hydrogen) atoms. The molecular formula is C20H25N5O5S2. The van der Waals surface area contributed by atoms with Gasteiger partial charge in [-0.05, 0) is 12.1 Å². The molecule has 0 aliphatic carbocycles. The molecule has 2 aliphatic rings. The summed E-state index contributed by atoms with van der Waals surface area (Å²) < 4.78 is 40.6. The number of rotatable bonds is 7. The highest BCUT2D eigenvalue weighted by Crippen LogP contribution is 2.33. The molecule has 12 heteroatoms. The lowest BCUT2D eigenvalue weighted by atomic mass is 10.3. The number of nitrogens with zero attached hydrogens (tertiary/aromatic N) is 5. The van der Waals surface area contributed by atoms with E-state index in [1.807, 2.05) is 4.57 Å². The summed E-state index contributed by atoms with van der Waals surface area (Å²) in [5.74, 6) is 1.15. The van der Waals surface area contributed by atoms with Crippen molar-refractivity contribution in [3.8, 4) is 11.5 Å². The molecule has 3 heterocycles. The van der Waals surface area contributed by atoms with Crippen LogP contribution in [0.5, 0.6) is 11.5 Å². The highest BCUT2D eigenvalue weighted by atomic mass is 32.2. The molecule has 0 unspecified atom stereocenters. The summed E-state index contributed by atoms with van der Waals surface area (Å²) in [7, 11) is -3.69. The molecule has 1 aromatic heterocycles. The Morgan fingerprint density at radius 3 is 2.66 bits per heavy atom. The zero-order chi connectivity index (χ0) is 22.6. The third-order valence-electron chi connectivity index (χ3n) is 5.18. The van der Waals surface area contributed by atoms with Gasteiger partial charge in [-0.3, -0.25) is 4.79 Å². The molecule has 1 amide bonds. The van der Waals surface area contributed by atoms with Gasteiger partial charge in [-0.1, -0.05) is 17.8 Å². The van der Waals surface area contributed by atoms with Crippen LogP contribution in [-0.2, 0) is 21.4 Å². The van der Waals surface area contributed by atoms with Gasteiger partial charge in [-0.2, -0.15) is 4.31 Å². The summed E-state index contributed by atoms with van der Waals surface area (Å²) in [4.78, 5) is 14.5. The van der Waals surface area contributed by atoms with Crippen LogP contribution in [0.1, 0.15) is 6.42 Å². The maximum absolute atomic E-state index is 13.1. The second kappa shape index (κ2) is 9.92. The van der Waals surface area contributed by atoms with E-state index in [2.05, 4.69) is 16.8 Å². The highest BCUT2D eigenvalue weighted by Gasteiger charge is 2.31. The zero-order valence-corrected chi connectivity index (χ0v) is 19.2. The molecule has 1 aromatic carbocycles. The van der Waals surface area contributed by atoms with Gasteiger partial charge in [-0.15, -0.1) is 16.8 Å². The average Bonchev–Trinajstić information content (AvgIpc) is 3.11. The van der Waals surface area contributed by atoms with Crippen molar-refractivity contribution in [1.82, 2.24) is 24.0 Å². The summed E-state index contributed by atoms with van der Waals surface area (Å²) in [6.07, 6.45) is 4.08. The minimum absolute atomic E-state index is 0.0595. The second-order valence-electron chi connectivity index (χ2n) is 7.29. The number of allylic oxidation sites excluding steroid dienone is 1. The molecule has 0 atom stereocenters. The number of hydrogen-bond acceptors (Lipinski definition) is 8. The summed E-state index contributed by atoms with van der Waals surface area (Å²) in [6, 6.07) is 4.69. The quantitative estimate of drug-likeness (QED) is 0.431. The van der Waals surface area contributed by atoms with E-state index in [-0.39, 0.29) is 29.6 Å². The first-order chi connectivity index (χ1) is 15.5. The van der Waals surface area contributed by atoms with Crippen LogP contribution in [0.15, 0.2) is 47.2 Å². The van der Waals surface area contributed by atoms with Gasteiger partial charge in [0.05, 0.1) is 23.9 Å². The van der Waals surface area contributed by atoms with E-state index < -0.39 is 10.0 Å². The molecule has 1 fully saturated rings. The topological polar surface area (TPSA) is 107 Å². The fourth-order valence-corrected chi connectivity index (χ4v) is 5.73. The molecule has 10 nitrogen and oxygen atoms in total. The summed E-state index contributed by atoms with van der Waals surface area (Å²) in [5, 5.41) is 8.52. The first-order valence-corrected chi connectivity index (χ1v) is 12.7. The van der Waals surface area contributed by atoms with E-state index in [0.717, 1.165) is 6.42 Å². The first-order valence-electron chi connectivity index (χ1n) is 10.3. The number of hydrogen-bond donors (Lipinski definition) is 0. The maximum atomic E-state index is 13.1. The number of sulfonamides is 1. The van der Waals surface area contributed by atoms with Crippen LogP contribution < -0.4 is 9.47 Å². The van der Waals surface area contributed by atoms with Gasteiger partial charge in [0.15, 0.2) is 16.7 Å². The molecule has 2 aromatic rings. The van der Waals surface area contributed by atoms with Crippen LogP contribution in [0.3, 0.4) is 0 Å². The van der Waals surface area contributed by atoms with Gasteiger partial charge in [0.2, 0.25) is 15.9 Å². The molecule has 2 aliphatic heterocycles.